The van der Waals surface area contributed by atoms with Crippen LogP contribution in [0.4, 0.5) is 25.1 Å². The number of halogens is 3. The molecule has 7 nitrogen and oxygen atoms in total. The van der Waals surface area contributed by atoms with Crippen LogP contribution in [0.25, 0.3) is 0 Å². The molecule has 1 aromatic rings. The Hall–Kier alpha value is -2.13. The van der Waals surface area contributed by atoms with E-state index in [1.165, 1.54) is 9.80 Å². The van der Waals surface area contributed by atoms with Crippen molar-refractivity contribution in [1.29, 1.82) is 0 Å². The minimum Gasteiger partial charge on any atom is -0.368 e. The topological polar surface area (TPSA) is 88.2 Å². The maximum atomic E-state index is 12.6. The molecule has 1 aliphatic rings. The largest absolute Gasteiger partial charge is 0.451 e. The molecule has 20 heavy (non-hydrogen) atoms. The van der Waals surface area contributed by atoms with E-state index in [2.05, 4.69) is 15.0 Å². The molecular weight excluding hydrogens is 277 g/mol. The summed E-state index contributed by atoms with van der Waals surface area (Å²) in [5, 5.41) is 0. The monoisotopic (exact) mass is 290 g/mol. The highest BCUT2D eigenvalue weighted by atomic mass is 19.4. The summed E-state index contributed by atoms with van der Waals surface area (Å²) in [6.07, 6.45) is -4.51. The third kappa shape index (κ3) is 3.06. The van der Waals surface area contributed by atoms with Crippen molar-refractivity contribution in [3.8, 4) is 0 Å². The van der Waals surface area contributed by atoms with Gasteiger partial charge in [0.25, 0.3) is 0 Å². The van der Waals surface area contributed by atoms with Crippen molar-refractivity contribution < 1.29 is 18.0 Å². The van der Waals surface area contributed by atoms with Gasteiger partial charge < -0.3 is 15.5 Å². The van der Waals surface area contributed by atoms with E-state index in [4.69, 9.17) is 5.73 Å². The first-order valence-electron chi connectivity index (χ1n) is 5.85. The van der Waals surface area contributed by atoms with Crippen LogP contribution in [0.3, 0.4) is 0 Å². The summed E-state index contributed by atoms with van der Waals surface area (Å²) in [6.45, 7) is 0.957. The van der Waals surface area contributed by atoms with Crippen molar-refractivity contribution in [2.24, 2.45) is 0 Å². The van der Waals surface area contributed by atoms with Crippen LogP contribution in [0.2, 0.25) is 0 Å². The van der Waals surface area contributed by atoms with Crippen LogP contribution in [-0.2, 0) is 11.0 Å². The molecule has 110 valence electrons. The van der Waals surface area contributed by atoms with Gasteiger partial charge in [0.05, 0.1) is 0 Å². The second-order valence-electron chi connectivity index (χ2n) is 4.37. The SMILES string of the molecule is CN1CCN(c2nc(N)nc(C(F)(F)F)n2)CCC1=O. The van der Waals surface area contributed by atoms with Gasteiger partial charge in [-0.15, -0.1) is 0 Å². The van der Waals surface area contributed by atoms with Crippen LogP contribution in [0.15, 0.2) is 0 Å². The average molecular weight is 290 g/mol. The number of aromatic nitrogens is 3. The maximum absolute atomic E-state index is 12.6. The highest BCUT2D eigenvalue weighted by Crippen LogP contribution is 2.27. The number of likely N-dealkylation sites (N-methyl/N-ethyl adjacent to an activating group) is 1. The van der Waals surface area contributed by atoms with Gasteiger partial charge in [-0.05, 0) is 0 Å². The summed E-state index contributed by atoms with van der Waals surface area (Å²) >= 11 is 0. The van der Waals surface area contributed by atoms with E-state index in [0.717, 1.165) is 0 Å². The van der Waals surface area contributed by atoms with Crippen molar-refractivity contribution in [3.63, 3.8) is 0 Å². The fourth-order valence-electron chi connectivity index (χ4n) is 1.78. The first-order chi connectivity index (χ1) is 9.27. The Morgan fingerprint density at radius 2 is 1.85 bits per heavy atom. The molecule has 2 heterocycles. The van der Waals surface area contributed by atoms with E-state index in [1.807, 2.05) is 0 Å². The van der Waals surface area contributed by atoms with E-state index < -0.39 is 17.9 Å². The van der Waals surface area contributed by atoms with Gasteiger partial charge in [-0.1, -0.05) is 0 Å². The standard InChI is InChI=1S/C10H13F3N6O/c1-18-4-5-19(3-2-6(18)20)9-16-7(10(11,12)13)15-8(14)17-9/h2-5H2,1H3,(H2,14,15,16,17). The van der Waals surface area contributed by atoms with Crippen LogP contribution in [0, 0.1) is 0 Å². The molecule has 1 saturated heterocycles. The molecule has 0 saturated carbocycles. The van der Waals surface area contributed by atoms with Crippen LogP contribution >= 0.6 is 0 Å². The second-order valence-corrected chi connectivity index (χ2v) is 4.37. The Morgan fingerprint density at radius 3 is 2.50 bits per heavy atom. The molecule has 0 unspecified atom stereocenters. The van der Waals surface area contributed by atoms with Gasteiger partial charge in [-0.25, -0.2) is 0 Å². The fourth-order valence-corrected chi connectivity index (χ4v) is 1.78. The zero-order chi connectivity index (χ0) is 14.9. The van der Waals surface area contributed by atoms with Gasteiger partial charge in [0, 0.05) is 33.1 Å². The lowest BCUT2D eigenvalue weighted by Gasteiger charge is -2.20. The van der Waals surface area contributed by atoms with Crippen LogP contribution in [-0.4, -0.2) is 52.4 Å². The number of nitrogens with zero attached hydrogens (tertiary/aromatic N) is 5. The predicted octanol–water partition coefficient (Wildman–Crippen LogP) is 0.141. The molecule has 1 fully saturated rings. The van der Waals surface area contributed by atoms with Crippen molar-refractivity contribution in [2.45, 2.75) is 12.6 Å². The third-order valence-corrected chi connectivity index (χ3v) is 2.90. The fraction of sp³-hybridized carbons (Fsp3) is 0.600. The third-order valence-electron chi connectivity index (χ3n) is 2.90. The van der Waals surface area contributed by atoms with Crippen molar-refractivity contribution in [3.05, 3.63) is 5.82 Å². The Morgan fingerprint density at radius 1 is 1.15 bits per heavy atom. The Bertz CT molecular complexity index is 520. The van der Waals surface area contributed by atoms with E-state index in [9.17, 15) is 18.0 Å². The zero-order valence-electron chi connectivity index (χ0n) is 10.7. The van der Waals surface area contributed by atoms with Gasteiger partial charge in [0.2, 0.25) is 23.6 Å². The number of rotatable bonds is 1. The van der Waals surface area contributed by atoms with Crippen LogP contribution in [0.5, 0.6) is 0 Å². The maximum Gasteiger partial charge on any atom is 0.451 e. The molecule has 1 aromatic heterocycles. The number of alkyl halides is 3. The predicted molar refractivity (Wildman–Crippen MR) is 63.7 cm³/mol. The number of hydrogen-bond acceptors (Lipinski definition) is 6. The Kier molecular flexibility index (Phi) is 3.64. The second kappa shape index (κ2) is 5.10. The lowest BCUT2D eigenvalue weighted by atomic mass is 10.4. The van der Waals surface area contributed by atoms with Gasteiger partial charge >= 0.3 is 6.18 Å². The molecule has 0 bridgehead atoms. The normalized spacial score (nSPS) is 17.3. The molecule has 1 amide bonds. The molecule has 0 aliphatic carbocycles. The number of nitrogen functional groups attached to an aromatic ring is 1. The van der Waals surface area contributed by atoms with E-state index in [0.29, 0.717) is 13.1 Å². The molecule has 0 atom stereocenters. The van der Waals surface area contributed by atoms with Crippen molar-refractivity contribution >= 4 is 17.8 Å². The highest BCUT2D eigenvalue weighted by molar-refractivity contribution is 5.77. The zero-order valence-corrected chi connectivity index (χ0v) is 10.7. The quantitative estimate of drug-likeness (QED) is 0.791. The molecule has 2 rings (SSSR count). The van der Waals surface area contributed by atoms with Crippen LogP contribution < -0.4 is 10.6 Å². The van der Waals surface area contributed by atoms with Gasteiger partial charge in [0.1, 0.15) is 0 Å². The minimum absolute atomic E-state index is 0.0782. The lowest BCUT2D eigenvalue weighted by molar-refractivity contribution is -0.144. The Labute approximate surface area is 112 Å². The molecule has 10 heteroatoms. The van der Waals surface area contributed by atoms with E-state index >= 15 is 0 Å². The first kappa shape index (κ1) is 14.3. The van der Waals surface area contributed by atoms with Crippen LogP contribution in [0.1, 0.15) is 12.2 Å². The van der Waals surface area contributed by atoms with E-state index in [-0.39, 0.29) is 24.8 Å². The lowest BCUT2D eigenvalue weighted by Crippen LogP contribution is -2.31. The smallest absolute Gasteiger partial charge is 0.368 e. The highest BCUT2D eigenvalue weighted by Gasteiger charge is 2.36. The minimum atomic E-state index is -4.69. The number of carbonyl (C=O) groups excluding carboxylic acids is 1. The summed E-state index contributed by atoms with van der Waals surface area (Å²) < 4.78 is 37.9. The van der Waals surface area contributed by atoms with Crippen molar-refractivity contribution in [2.75, 3.05) is 37.3 Å². The molecular formula is C10H13F3N6O. The number of amides is 1. The number of anilines is 2. The Balaban J connectivity index is 2.28. The summed E-state index contributed by atoms with van der Waals surface area (Å²) in [4.78, 5) is 24.7. The van der Waals surface area contributed by atoms with E-state index in [1.54, 1.807) is 7.05 Å². The van der Waals surface area contributed by atoms with Gasteiger partial charge in [-0.3, -0.25) is 4.79 Å². The molecule has 0 aromatic carbocycles. The first-order valence-corrected chi connectivity index (χ1v) is 5.85. The molecule has 0 spiro atoms. The number of nitrogens with two attached hydrogens (primary N) is 1. The summed E-state index contributed by atoms with van der Waals surface area (Å²) in [5.41, 5.74) is 5.29. The summed E-state index contributed by atoms with van der Waals surface area (Å²) in [6, 6.07) is 0. The van der Waals surface area contributed by atoms with Gasteiger partial charge in [-0.2, -0.15) is 28.1 Å². The molecule has 2 N–H and O–H groups in total. The average Bonchev–Trinajstić information content (AvgIpc) is 2.51. The number of carbonyl (C=O) groups is 1. The summed E-state index contributed by atoms with van der Waals surface area (Å²) in [7, 11) is 1.63. The summed E-state index contributed by atoms with van der Waals surface area (Å²) in [5.74, 6) is -2.06. The number of hydrogen-bond donors (Lipinski definition) is 1. The van der Waals surface area contributed by atoms with Crippen molar-refractivity contribution in [1.82, 2.24) is 19.9 Å². The van der Waals surface area contributed by atoms with Gasteiger partial charge in [0.15, 0.2) is 0 Å². The molecule has 0 radical (unpaired) electrons. The molecule has 1 aliphatic heterocycles.